The fourth-order valence-corrected chi connectivity index (χ4v) is 3.60. The van der Waals surface area contributed by atoms with Crippen LogP contribution in [0.4, 0.5) is 0 Å². The van der Waals surface area contributed by atoms with Gasteiger partial charge in [-0.2, -0.15) is 0 Å². The molecule has 1 aliphatic rings. The molecule has 1 saturated heterocycles. The summed E-state index contributed by atoms with van der Waals surface area (Å²) >= 11 is 0. The van der Waals surface area contributed by atoms with Gasteiger partial charge in [-0.25, -0.2) is 0 Å². The fraction of sp³-hybridized carbons (Fsp3) is 0.667. The lowest BCUT2D eigenvalue weighted by molar-refractivity contribution is 0.0434. The predicted molar refractivity (Wildman–Crippen MR) is 113 cm³/mol. The first-order valence-electron chi connectivity index (χ1n) is 10.9. The first kappa shape index (κ1) is 21.2. The molecule has 26 heavy (non-hydrogen) atoms. The van der Waals surface area contributed by atoms with E-state index in [0.717, 1.165) is 32.8 Å². The van der Waals surface area contributed by atoms with E-state index in [0.29, 0.717) is 0 Å². The van der Waals surface area contributed by atoms with E-state index in [1.165, 1.54) is 76.2 Å². The van der Waals surface area contributed by atoms with E-state index in [1.54, 1.807) is 0 Å². The number of nitrogens with zero attached hydrogens (tertiary/aromatic N) is 1. The van der Waals surface area contributed by atoms with Crippen molar-refractivity contribution in [2.24, 2.45) is 0 Å². The van der Waals surface area contributed by atoms with Gasteiger partial charge in [0, 0.05) is 19.6 Å². The largest absolute Gasteiger partial charge is 0.379 e. The minimum Gasteiger partial charge on any atom is -0.379 e. The van der Waals surface area contributed by atoms with Gasteiger partial charge in [-0.15, -0.1) is 0 Å². The second-order valence-corrected chi connectivity index (χ2v) is 7.59. The summed E-state index contributed by atoms with van der Waals surface area (Å²) in [4.78, 5) is 2.47. The van der Waals surface area contributed by atoms with Gasteiger partial charge in [-0.05, 0) is 31.2 Å². The highest BCUT2D eigenvalue weighted by molar-refractivity contribution is 5.14. The molecule has 1 aliphatic heterocycles. The quantitative estimate of drug-likeness (QED) is 0.298. The Morgan fingerprint density at radius 3 is 2.04 bits per heavy atom. The predicted octanol–water partition coefficient (Wildman–Crippen LogP) is 6.02. The van der Waals surface area contributed by atoms with E-state index in [9.17, 15) is 0 Å². The minimum absolute atomic E-state index is 0.904. The van der Waals surface area contributed by atoms with E-state index in [-0.39, 0.29) is 0 Å². The van der Waals surface area contributed by atoms with Crippen molar-refractivity contribution in [1.29, 1.82) is 0 Å². The highest BCUT2D eigenvalue weighted by Crippen LogP contribution is 2.12. The van der Waals surface area contributed by atoms with Gasteiger partial charge >= 0.3 is 0 Å². The number of hydrogen-bond acceptors (Lipinski definition) is 2. The number of rotatable bonds is 14. The monoisotopic (exact) mass is 357 g/mol. The maximum atomic E-state index is 5.37. The standard InChI is InChI=1S/C24H39NO/c1(3-5-7-9-12-16-24-17-13-11-14-18-24)2-4-6-8-10-15-19-25-20-22-26-23-21-25/h10-11,13-15,17-18H,1-9,12,16,19-23H2/b15-10+. The van der Waals surface area contributed by atoms with Gasteiger partial charge in [-0.3, -0.25) is 4.90 Å². The van der Waals surface area contributed by atoms with E-state index in [4.69, 9.17) is 4.74 Å². The smallest absolute Gasteiger partial charge is 0.0594 e. The van der Waals surface area contributed by atoms with Crippen LogP contribution >= 0.6 is 0 Å². The van der Waals surface area contributed by atoms with E-state index in [1.807, 2.05) is 0 Å². The number of morpholine rings is 1. The van der Waals surface area contributed by atoms with Crippen LogP contribution in [-0.2, 0) is 11.2 Å². The lowest BCUT2D eigenvalue weighted by Crippen LogP contribution is -2.36. The van der Waals surface area contributed by atoms with Gasteiger partial charge < -0.3 is 4.74 Å². The molecule has 1 fully saturated rings. The summed E-state index contributed by atoms with van der Waals surface area (Å²) in [7, 11) is 0. The molecule has 0 radical (unpaired) electrons. The van der Waals surface area contributed by atoms with Gasteiger partial charge in [0.05, 0.1) is 13.2 Å². The Hall–Kier alpha value is -1.12. The van der Waals surface area contributed by atoms with Crippen LogP contribution in [0.3, 0.4) is 0 Å². The van der Waals surface area contributed by atoms with E-state index >= 15 is 0 Å². The highest BCUT2D eigenvalue weighted by atomic mass is 16.5. The lowest BCUT2D eigenvalue weighted by atomic mass is 10.0. The van der Waals surface area contributed by atoms with Crippen molar-refractivity contribution in [3.8, 4) is 0 Å². The third kappa shape index (κ3) is 10.8. The maximum absolute atomic E-state index is 5.37. The van der Waals surface area contributed by atoms with Crippen molar-refractivity contribution >= 4 is 0 Å². The summed E-state index contributed by atoms with van der Waals surface area (Å²) in [5.41, 5.74) is 1.49. The Morgan fingerprint density at radius 2 is 1.35 bits per heavy atom. The number of ether oxygens (including phenoxy) is 1. The number of hydrogen-bond donors (Lipinski definition) is 0. The van der Waals surface area contributed by atoms with Gasteiger partial charge in [0.1, 0.15) is 0 Å². The van der Waals surface area contributed by atoms with Crippen LogP contribution in [0.2, 0.25) is 0 Å². The molecule has 2 rings (SSSR count). The van der Waals surface area contributed by atoms with Crippen molar-refractivity contribution in [3.05, 3.63) is 48.0 Å². The molecule has 0 aromatic heterocycles. The van der Waals surface area contributed by atoms with Crippen LogP contribution in [0.15, 0.2) is 42.5 Å². The zero-order valence-electron chi connectivity index (χ0n) is 16.7. The molecule has 0 unspecified atom stereocenters. The maximum Gasteiger partial charge on any atom is 0.0594 e. The topological polar surface area (TPSA) is 12.5 Å². The molecule has 0 spiro atoms. The normalized spacial score (nSPS) is 15.7. The lowest BCUT2D eigenvalue weighted by Gasteiger charge is -2.25. The Bertz CT molecular complexity index is 451. The van der Waals surface area contributed by atoms with Crippen LogP contribution in [0, 0.1) is 0 Å². The van der Waals surface area contributed by atoms with Crippen LogP contribution in [0.1, 0.15) is 69.8 Å². The van der Waals surface area contributed by atoms with Crippen LogP contribution in [0.25, 0.3) is 0 Å². The first-order valence-corrected chi connectivity index (χ1v) is 10.9. The summed E-state index contributed by atoms with van der Waals surface area (Å²) in [5, 5.41) is 0. The van der Waals surface area contributed by atoms with Crippen molar-refractivity contribution in [2.45, 2.75) is 70.6 Å². The van der Waals surface area contributed by atoms with Gasteiger partial charge in [-0.1, -0.05) is 87.4 Å². The van der Waals surface area contributed by atoms with Crippen molar-refractivity contribution in [1.82, 2.24) is 4.90 Å². The Kier molecular flexibility index (Phi) is 12.2. The van der Waals surface area contributed by atoms with Crippen LogP contribution in [-0.4, -0.2) is 37.7 Å². The molecule has 0 saturated carbocycles. The molecule has 0 atom stereocenters. The van der Waals surface area contributed by atoms with Crippen molar-refractivity contribution in [3.63, 3.8) is 0 Å². The number of allylic oxidation sites excluding steroid dienone is 1. The molecule has 0 bridgehead atoms. The summed E-state index contributed by atoms with van der Waals surface area (Å²) < 4.78 is 5.37. The van der Waals surface area contributed by atoms with Gasteiger partial charge in [0.25, 0.3) is 0 Å². The number of aryl methyl sites for hydroxylation is 1. The number of unbranched alkanes of at least 4 members (excludes halogenated alkanes) is 9. The molecule has 2 heteroatoms. The molecule has 0 amide bonds. The Morgan fingerprint density at radius 1 is 0.731 bits per heavy atom. The summed E-state index contributed by atoms with van der Waals surface area (Å²) in [5.74, 6) is 0. The van der Waals surface area contributed by atoms with Crippen LogP contribution in [0.5, 0.6) is 0 Å². The Balaban J connectivity index is 1.29. The van der Waals surface area contributed by atoms with E-state index in [2.05, 4.69) is 47.4 Å². The molecular weight excluding hydrogens is 318 g/mol. The van der Waals surface area contributed by atoms with Crippen molar-refractivity contribution < 1.29 is 4.74 Å². The van der Waals surface area contributed by atoms with E-state index < -0.39 is 0 Å². The summed E-state index contributed by atoms with van der Waals surface area (Å²) in [6, 6.07) is 10.9. The van der Waals surface area contributed by atoms with Gasteiger partial charge in [0.15, 0.2) is 0 Å². The first-order chi connectivity index (χ1) is 12.9. The molecule has 0 N–H and O–H groups in total. The van der Waals surface area contributed by atoms with Crippen LogP contribution < -0.4 is 0 Å². The average molecular weight is 358 g/mol. The second-order valence-electron chi connectivity index (χ2n) is 7.59. The highest BCUT2D eigenvalue weighted by Gasteiger charge is 2.07. The third-order valence-electron chi connectivity index (χ3n) is 5.31. The number of benzene rings is 1. The molecular formula is C24H39NO. The third-order valence-corrected chi connectivity index (χ3v) is 5.31. The Labute approximate surface area is 161 Å². The zero-order chi connectivity index (χ0) is 18.1. The van der Waals surface area contributed by atoms with Crippen molar-refractivity contribution in [2.75, 3.05) is 32.8 Å². The fourth-order valence-electron chi connectivity index (χ4n) is 3.60. The summed E-state index contributed by atoms with van der Waals surface area (Å²) in [6.07, 6.45) is 19.8. The molecule has 1 heterocycles. The zero-order valence-corrected chi connectivity index (χ0v) is 16.7. The van der Waals surface area contributed by atoms with Gasteiger partial charge in [0.2, 0.25) is 0 Å². The summed E-state index contributed by atoms with van der Waals surface area (Å²) in [6.45, 7) is 5.10. The molecule has 2 nitrogen and oxygen atoms in total. The molecule has 1 aromatic rings. The average Bonchev–Trinajstić information content (AvgIpc) is 2.70. The molecule has 1 aromatic carbocycles. The minimum atomic E-state index is 0.904. The second kappa shape index (κ2) is 15.0. The molecule has 146 valence electrons. The SMILES string of the molecule is C(=C\CN1CCOCC1)/CCCCCCCCCCCc1ccccc1. The molecule has 0 aliphatic carbocycles.